The number of thiophene rings is 1. The second-order valence-corrected chi connectivity index (χ2v) is 7.09. The predicted octanol–water partition coefficient (Wildman–Crippen LogP) is 1.63. The second-order valence-electron chi connectivity index (χ2n) is 5.80. The Morgan fingerprint density at radius 2 is 2.22 bits per heavy atom. The van der Waals surface area contributed by atoms with Gasteiger partial charge in [-0.2, -0.15) is 5.10 Å². The first-order valence-corrected chi connectivity index (χ1v) is 8.46. The summed E-state index contributed by atoms with van der Waals surface area (Å²) in [6, 6.07) is 5.60. The van der Waals surface area contributed by atoms with Gasteiger partial charge in [-0.15, -0.1) is 11.3 Å². The fourth-order valence-corrected chi connectivity index (χ4v) is 3.98. The molecule has 2 aromatic rings. The molecule has 1 N–H and O–H groups in total. The molecule has 0 spiro atoms. The van der Waals surface area contributed by atoms with Crippen LogP contribution in [0.2, 0.25) is 0 Å². The van der Waals surface area contributed by atoms with Crippen molar-refractivity contribution in [1.29, 1.82) is 0 Å². The molecule has 1 atom stereocenters. The molecule has 2 amide bonds. The molecule has 122 valence electrons. The second kappa shape index (κ2) is 6.16. The largest absolute Gasteiger partial charge is 0.357 e. The van der Waals surface area contributed by atoms with Crippen LogP contribution in [0.1, 0.15) is 27.4 Å². The molecule has 1 fully saturated rings. The number of piperidine rings is 1. The Morgan fingerprint density at radius 1 is 1.39 bits per heavy atom. The van der Waals surface area contributed by atoms with Crippen LogP contribution < -0.4 is 5.32 Å². The number of likely N-dealkylation sites (N-methyl/N-ethyl adjacent to an activating group) is 1. The number of amides is 2. The molecule has 0 bridgehead atoms. The van der Waals surface area contributed by atoms with Gasteiger partial charge in [0, 0.05) is 30.9 Å². The molecule has 0 aliphatic carbocycles. The van der Waals surface area contributed by atoms with Crippen LogP contribution in [0.5, 0.6) is 0 Å². The molecule has 0 aromatic carbocycles. The lowest BCUT2D eigenvalue weighted by Crippen LogP contribution is -2.59. The molecule has 3 rings (SSSR count). The fourth-order valence-electron chi connectivity index (χ4n) is 3.15. The zero-order valence-corrected chi connectivity index (χ0v) is 14.1. The molecule has 7 heteroatoms. The number of aryl methyl sites for hydroxylation is 1. The highest BCUT2D eigenvalue weighted by Crippen LogP contribution is 2.30. The highest BCUT2D eigenvalue weighted by Gasteiger charge is 2.45. The molecule has 1 aliphatic heterocycles. The van der Waals surface area contributed by atoms with Gasteiger partial charge in [0.2, 0.25) is 5.91 Å². The minimum Gasteiger partial charge on any atom is -0.357 e. The average Bonchev–Trinajstić information content (AvgIpc) is 3.25. The molecule has 23 heavy (non-hydrogen) atoms. The van der Waals surface area contributed by atoms with E-state index < -0.39 is 5.54 Å². The van der Waals surface area contributed by atoms with E-state index in [1.165, 1.54) is 11.3 Å². The maximum atomic E-state index is 12.8. The van der Waals surface area contributed by atoms with Crippen LogP contribution in [0.15, 0.2) is 30.6 Å². The maximum Gasteiger partial charge on any atom is 0.264 e. The summed E-state index contributed by atoms with van der Waals surface area (Å²) in [5.74, 6) is -0.121. The van der Waals surface area contributed by atoms with Crippen molar-refractivity contribution in [2.75, 3.05) is 20.1 Å². The first-order chi connectivity index (χ1) is 11.1. The Balaban J connectivity index is 1.91. The normalized spacial score (nSPS) is 21.2. The van der Waals surface area contributed by atoms with E-state index in [2.05, 4.69) is 10.4 Å². The monoisotopic (exact) mass is 332 g/mol. The number of aromatic nitrogens is 2. The van der Waals surface area contributed by atoms with E-state index in [4.69, 9.17) is 0 Å². The minimum absolute atomic E-state index is 0.0109. The number of nitrogens with one attached hydrogen (secondary N) is 1. The molecular formula is C16H20N4O2S. The lowest BCUT2D eigenvalue weighted by Gasteiger charge is -2.41. The van der Waals surface area contributed by atoms with Gasteiger partial charge in [-0.3, -0.25) is 14.3 Å². The summed E-state index contributed by atoms with van der Waals surface area (Å²) < 4.78 is 1.69. The van der Waals surface area contributed by atoms with Gasteiger partial charge in [-0.1, -0.05) is 0 Å². The van der Waals surface area contributed by atoms with E-state index in [0.717, 1.165) is 16.2 Å². The summed E-state index contributed by atoms with van der Waals surface area (Å²) in [7, 11) is 1.62. The number of nitrogens with zero attached hydrogens (tertiary/aromatic N) is 3. The molecule has 0 radical (unpaired) electrons. The predicted molar refractivity (Wildman–Crippen MR) is 88.5 cm³/mol. The number of likely N-dealkylation sites (tertiary alicyclic amines) is 1. The Morgan fingerprint density at radius 3 is 2.83 bits per heavy atom. The van der Waals surface area contributed by atoms with Crippen molar-refractivity contribution in [2.45, 2.75) is 25.3 Å². The van der Waals surface area contributed by atoms with Gasteiger partial charge in [0.1, 0.15) is 0 Å². The van der Waals surface area contributed by atoms with Crippen molar-refractivity contribution in [2.24, 2.45) is 0 Å². The van der Waals surface area contributed by atoms with Crippen molar-refractivity contribution >= 4 is 23.2 Å². The number of carbonyl (C=O) groups is 2. The Labute approximate surface area is 139 Å². The van der Waals surface area contributed by atoms with Crippen LogP contribution in [0.4, 0.5) is 0 Å². The van der Waals surface area contributed by atoms with E-state index >= 15 is 0 Å². The first-order valence-electron chi connectivity index (χ1n) is 7.65. The van der Waals surface area contributed by atoms with E-state index in [1.807, 2.05) is 19.1 Å². The molecule has 0 saturated carbocycles. The summed E-state index contributed by atoms with van der Waals surface area (Å²) >= 11 is 1.49. The lowest BCUT2D eigenvalue weighted by atomic mass is 9.88. The van der Waals surface area contributed by atoms with Gasteiger partial charge >= 0.3 is 0 Å². The van der Waals surface area contributed by atoms with Gasteiger partial charge in [-0.25, -0.2) is 0 Å². The first kappa shape index (κ1) is 15.7. The summed E-state index contributed by atoms with van der Waals surface area (Å²) in [6.45, 7) is 2.98. The van der Waals surface area contributed by atoms with Crippen molar-refractivity contribution in [3.05, 3.63) is 40.3 Å². The average molecular weight is 332 g/mol. The highest BCUT2D eigenvalue weighted by atomic mass is 32.1. The van der Waals surface area contributed by atoms with E-state index in [0.29, 0.717) is 19.5 Å². The standard InChI is InChI=1S/C16H20N4O2S/c1-12-5-6-13(23-12)14(21)19-9-3-7-16(11-19,15(22)17-2)20-10-4-8-18-20/h4-6,8,10H,3,7,9,11H2,1-2H3,(H,17,22). The van der Waals surface area contributed by atoms with E-state index in [9.17, 15) is 9.59 Å². The lowest BCUT2D eigenvalue weighted by molar-refractivity contribution is -0.132. The van der Waals surface area contributed by atoms with Crippen LogP contribution in [-0.2, 0) is 10.3 Å². The third-order valence-electron chi connectivity index (χ3n) is 4.30. The zero-order valence-electron chi connectivity index (χ0n) is 13.3. The van der Waals surface area contributed by atoms with Crippen LogP contribution in [0.25, 0.3) is 0 Å². The third kappa shape index (κ3) is 2.76. The summed E-state index contributed by atoms with van der Waals surface area (Å²) in [4.78, 5) is 28.9. The SMILES string of the molecule is CNC(=O)C1(n2cccn2)CCCN(C(=O)c2ccc(C)s2)C1. The quantitative estimate of drug-likeness (QED) is 0.929. The smallest absolute Gasteiger partial charge is 0.264 e. The maximum absolute atomic E-state index is 12.8. The molecule has 1 aliphatic rings. The third-order valence-corrected chi connectivity index (χ3v) is 5.29. The van der Waals surface area contributed by atoms with Gasteiger partial charge in [0.15, 0.2) is 5.54 Å². The number of hydrogen-bond acceptors (Lipinski definition) is 4. The van der Waals surface area contributed by atoms with E-state index in [1.54, 1.807) is 35.1 Å². The topological polar surface area (TPSA) is 67.2 Å². The Hall–Kier alpha value is -2.15. The van der Waals surface area contributed by atoms with E-state index in [-0.39, 0.29) is 11.8 Å². The minimum atomic E-state index is -0.835. The summed E-state index contributed by atoms with van der Waals surface area (Å²) in [5, 5.41) is 7.00. The summed E-state index contributed by atoms with van der Waals surface area (Å²) in [5.41, 5.74) is -0.835. The van der Waals surface area contributed by atoms with Gasteiger partial charge < -0.3 is 10.2 Å². The van der Waals surface area contributed by atoms with Gasteiger partial charge in [-0.05, 0) is 38.0 Å². The van der Waals surface area contributed by atoms with Crippen LogP contribution in [0, 0.1) is 6.92 Å². The highest BCUT2D eigenvalue weighted by molar-refractivity contribution is 7.13. The number of carbonyl (C=O) groups excluding carboxylic acids is 2. The molecule has 2 aromatic heterocycles. The Bertz CT molecular complexity index is 709. The molecule has 6 nitrogen and oxygen atoms in total. The van der Waals surface area contributed by atoms with Gasteiger partial charge in [0.05, 0.1) is 11.4 Å². The summed E-state index contributed by atoms with van der Waals surface area (Å²) in [6.07, 6.45) is 4.89. The number of rotatable bonds is 3. The van der Waals surface area contributed by atoms with Crippen LogP contribution >= 0.6 is 11.3 Å². The van der Waals surface area contributed by atoms with Crippen molar-refractivity contribution in [3.8, 4) is 0 Å². The van der Waals surface area contributed by atoms with Crippen molar-refractivity contribution in [3.63, 3.8) is 0 Å². The van der Waals surface area contributed by atoms with Crippen molar-refractivity contribution < 1.29 is 9.59 Å². The molecule has 1 saturated heterocycles. The molecule has 1 unspecified atom stereocenters. The fraction of sp³-hybridized carbons (Fsp3) is 0.438. The zero-order chi connectivity index (χ0) is 16.4. The molecule has 3 heterocycles. The Kier molecular flexibility index (Phi) is 4.21. The van der Waals surface area contributed by atoms with Crippen LogP contribution in [0.3, 0.4) is 0 Å². The van der Waals surface area contributed by atoms with Crippen LogP contribution in [-0.4, -0.2) is 46.6 Å². The molecular weight excluding hydrogens is 312 g/mol. The number of hydrogen-bond donors (Lipinski definition) is 1. The van der Waals surface area contributed by atoms with Crippen molar-refractivity contribution in [1.82, 2.24) is 20.0 Å². The van der Waals surface area contributed by atoms with Gasteiger partial charge in [0.25, 0.3) is 5.91 Å².